The number of piperazine rings is 1. The molecule has 0 atom stereocenters. The maximum atomic E-state index is 13.8. The fraction of sp³-hybridized carbons (Fsp3) is 0.429. The van der Waals surface area contributed by atoms with E-state index in [-0.39, 0.29) is 4.90 Å². The Hall–Kier alpha value is -1.42. The van der Waals surface area contributed by atoms with Crippen molar-refractivity contribution in [3.8, 4) is 12.3 Å². The zero-order valence-corrected chi connectivity index (χ0v) is 12.2. The van der Waals surface area contributed by atoms with Gasteiger partial charge in [0.15, 0.2) is 0 Å². The first-order valence-electron chi connectivity index (χ1n) is 6.37. The minimum atomic E-state index is -3.77. The van der Waals surface area contributed by atoms with Crippen molar-refractivity contribution in [2.75, 3.05) is 32.7 Å². The Bertz CT molecular complexity index is 629. The summed E-state index contributed by atoms with van der Waals surface area (Å²) in [5, 5.41) is 0. The Balaban J connectivity index is 2.20. The van der Waals surface area contributed by atoms with E-state index in [4.69, 9.17) is 6.42 Å². The molecule has 0 unspecified atom stereocenters. The zero-order chi connectivity index (χ0) is 14.8. The van der Waals surface area contributed by atoms with Crippen molar-refractivity contribution in [3.63, 3.8) is 0 Å². The van der Waals surface area contributed by atoms with Crippen LogP contribution in [-0.2, 0) is 10.0 Å². The normalized spacial score (nSPS) is 17.9. The van der Waals surface area contributed by atoms with Crippen molar-refractivity contribution in [2.45, 2.75) is 11.8 Å². The maximum Gasteiger partial charge on any atom is 0.246 e. The van der Waals surface area contributed by atoms with Crippen LogP contribution in [0.15, 0.2) is 23.1 Å². The number of hydrogen-bond acceptors (Lipinski definition) is 3. The van der Waals surface area contributed by atoms with E-state index in [0.29, 0.717) is 32.7 Å². The van der Waals surface area contributed by atoms with Crippen LogP contribution in [0.2, 0.25) is 0 Å². The van der Waals surface area contributed by atoms with Gasteiger partial charge in [-0.2, -0.15) is 4.31 Å². The summed E-state index contributed by atoms with van der Waals surface area (Å²) in [7, 11) is -3.77. The SMILES string of the molecule is C#CCN1CCN(S(=O)(=O)c2cc(C)ccc2F)CC1. The van der Waals surface area contributed by atoms with E-state index >= 15 is 0 Å². The van der Waals surface area contributed by atoms with E-state index in [1.807, 2.05) is 4.90 Å². The first kappa shape index (κ1) is 15.0. The Morgan fingerprint density at radius 2 is 1.95 bits per heavy atom. The second kappa shape index (κ2) is 5.92. The summed E-state index contributed by atoms with van der Waals surface area (Å²) >= 11 is 0. The molecule has 1 fully saturated rings. The first-order valence-corrected chi connectivity index (χ1v) is 7.81. The van der Waals surface area contributed by atoms with Gasteiger partial charge >= 0.3 is 0 Å². The van der Waals surface area contributed by atoms with Crippen LogP contribution < -0.4 is 0 Å². The fourth-order valence-electron chi connectivity index (χ4n) is 2.20. The molecule has 1 saturated heterocycles. The monoisotopic (exact) mass is 296 g/mol. The minimum absolute atomic E-state index is 0.247. The first-order chi connectivity index (χ1) is 9.45. The Morgan fingerprint density at radius 3 is 2.55 bits per heavy atom. The molecule has 1 aliphatic rings. The number of rotatable bonds is 3. The molecule has 1 aromatic carbocycles. The van der Waals surface area contributed by atoms with Crippen LogP contribution in [0.25, 0.3) is 0 Å². The van der Waals surface area contributed by atoms with Crippen LogP contribution in [0.3, 0.4) is 0 Å². The lowest BCUT2D eigenvalue weighted by Crippen LogP contribution is -2.48. The number of terminal acetylenes is 1. The van der Waals surface area contributed by atoms with Gasteiger partial charge < -0.3 is 0 Å². The van der Waals surface area contributed by atoms with E-state index in [1.54, 1.807) is 13.0 Å². The van der Waals surface area contributed by atoms with Gasteiger partial charge in [0, 0.05) is 26.2 Å². The summed E-state index contributed by atoms with van der Waals surface area (Å²) in [6.07, 6.45) is 5.23. The zero-order valence-electron chi connectivity index (χ0n) is 11.3. The van der Waals surface area contributed by atoms with Gasteiger partial charge in [0.25, 0.3) is 0 Å². The standard InChI is InChI=1S/C14H17FN2O2S/c1-3-6-16-7-9-17(10-8-16)20(18,19)14-11-12(2)4-5-13(14)15/h1,4-5,11H,6-10H2,2H3. The number of benzene rings is 1. The molecular formula is C14H17FN2O2S. The van der Waals surface area contributed by atoms with E-state index in [9.17, 15) is 12.8 Å². The van der Waals surface area contributed by atoms with Crippen LogP contribution in [0.4, 0.5) is 4.39 Å². The lowest BCUT2D eigenvalue weighted by atomic mass is 10.2. The molecule has 108 valence electrons. The lowest BCUT2D eigenvalue weighted by Gasteiger charge is -2.32. The number of aryl methyl sites for hydroxylation is 1. The number of nitrogens with zero attached hydrogens (tertiary/aromatic N) is 2. The van der Waals surface area contributed by atoms with Gasteiger partial charge in [-0.15, -0.1) is 6.42 Å². The van der Waals surface area contributed by atoms with Gasteiger partial charge in [-0.25, -0.2) is 12.8 Å². The lowest BCUT2D eigenvalue weighted by molar-refractivity contribution is 0.206. The highest BCUT2D eigenvalue weighted by molar-refractivity contribution is 7.89. The summed E-state index contributed by atoms with van der Waals surface area (Å²) in [6, 6.07) is 4.12. The van der Waals surface area contributed by atoms with E-state index in [2.05, 4.69) is 5.92 Å². The topological polar surface area (TPSA) is 40.6 Å². The second-order valence-corrected chi connectivity index (χ2v) is 6.72. The summed E-state index contributed by atoms with van der Waals surface area (Å²) < 4.78 is 40.0. The van der Waals surface area contributed by atoms with E-state index < -0.39 is 15.8 Å². The van der Waals surface area contributed by atoms with Crippen molar-refractivity contribution in [2.24, 2.45) is 0 Å². The third-order valence-electron chi connectivity index (χ3n) is 3.35. The van der Waals surface area contributed by atoms with Gasteiger partial charge in [-0.1, -0.05) is 12.0 Å². The number of halogens is 1. The van der Waals surface area contributed by atoms with Crippen molar-refractivity contribution in [1.29, 1.82) is 0 Å². The van der Waals surface area contributed by atoms with E-state index in [0.717, 1.165) is 5.56 Å². The molecule has 0 saturated carbocycles. The van der Waals surface area contributed by atoms with Gasteiger partial charge in [-0.05, 0) is 24.6 Å². The quantitative estimate of drug-likeness (QED) is 0.784. The summed E-state index contributed by atoms with van der Waals surface area (Å²) in [5.74, 6) is 1.83. The Kier molecular flexibility index (Phi) is 4.43. The number of sulfonamides is 1. The average Bonchev–Trinajstić information content (AvgIpc) is 2.42. The molecular weight excluding hydrogens is 279 g/mol. The predicted octanol–water partition coefficient (Wildman–Crippen LogP) is 1.07. The van der Waals surface area contributed by atoms with Crippen molar-refractivity contribution in [1.82, 2.24) is 9.21 Å². The third-order valence-corrected chi connectivity index (χ3v) is 5.26. The molecule has 0 spiro atoms. The number of hydrogen-bond donors (Lipinski definition) is 0. The molecule has 6 heteroatoms. The van der Waals surface area contributed by atoms with Crippen molar-refractivity contribution < 1.29 is 12.8 Å². The summed E-state index contributed by atoms with van der Waals surface area (Å²) in [5.41, 5.74) is 0.718. The second-order valence-electron chi connectivity index (χ2n) is 4.82. The third kappa shape index (κ3) is 3.01. The molecule has 0 N–H and O–H groups in total. The van der Waals surface area contributed by atoms with Crippen molar-refractivity contribution >= 4 is 10.0 Å². The van der Waals surface area contributed by atoms with Gasteiger partial charge in [0.05, 0.1) is 6.54 Å². The predicted molar refractivity (Wildman–Crippen MR) is 75.2 cm³/mol. The highest BCUT2D eigenvalue weighted by atomic mass is 32.2. The van der Waals surface area contributed by atoms with Crippen LogP contribution in [0.1, 0.15) is 5.56 Å². The molecule has 0 aromatic heterocycles. The minimum Gasteiger partial charge on any atom is -0.290 e. The van der Waals surface area contributed by atoms with Crippen LogP contribution >= 0.6 is 0 Å². The summed E-state index contributed by atoms with van der Waals surface area (Å²) in [4.78, 5) is 1.75. The van der Waals surface area contributed by atoms with Gasteiger partial charge in [0.2, 0.25) is 10.0 Å². The van der Waals surface area contributed by atoms with Crippen molar-refractivity contribution in [3.05, 3.63) is 29.6 Å². The van der Waals surface area contributed by atoms with Crippen LogP contribution in [0, 0.1) is 25.1 Å². The Labute approximate surface area is 119 Å². The van der Waals surface area contributed by atoms with E-state index in [1.165, 1.54) is 16.4 Å². The summed E-state index contributed by atoms with van der Waals surface area (Å²) in [6.45, 7) is 4.04. The fourth-order valence-corrected chi connectivity index (χ4v) is 3.78. The molecule has 4 nitrogen and oxygen atoms in total. The molecule has 1 aliphatic heterocycles. The molecule has 2 rings (SSSR count). The molecule has 1 aromatic rings. The maximum absolute atomic E-state index is 13.8. The van der Waals surface area contributed by atoms with Gasteiger partial charge in [0.1, 0.15) is 10.7 Å². The van der Waals surface area contributed by atoms with Crippen LogP contribution in [-0.4, -0.2) is 50.3 Å². The highest BCUT2D eigenvalue weighted by Crippen LogP contribution is 2.21. The largest absolute Gasteiger partial charge is 0.290 e. The smallest absolute Gasteiger partial charge is 0.246 e. The molecule has 0 bridgehead atoms. The average molecular weight is 296 g/mol. The molecule has 0 radical (unpaired) electrons. The molecule has 0 amide bonds. The molecule has 20 heavy (non-hydrogen) atoms. The molecule has 1 heterocycles. The van der Waals surface area contributed by atoms with Crippen LogP contribution in [0.5, 0.6) is 0 Å². The Morgan fingerprint density at radius 1 is 1.30 bits per heavy atom. The molecule has 0 aliphatic carbocycles. The van der Waals surface area contributed by atoms with Gasteiger partial charge in [-0.3, -0.25) is 4.90 Å². The highest BCUT2D eigenvalue weighted by Gasteiger charge is 2.30.